The summed E-state index contributed by atoms with van der Waals surface area (Å²) in [7, 11) is 0. The Hall–Kier alpha value is -4.26. The summed E-state index contributed by atoms with van der Waals surface area (Å²) in [5.74, 6) is -0.327. The van der Waals surface area contributed by atoms with Crippen LogP contribution in [0.15, 0.2) is 90.6 Å². The second-order valence-electron chi connectivity index (χ2n) is 10.8. The third kappa shape index (κ3) is 4.97. The number of aromatic nitrogens is 2. The molecular weight excluding hydrogens is 494 g/mol. The van der Waals surface area contributed by atoms with Gasteiger partial charge in [-0.15, -0.1) is 0 Å². The number of allylic oxidation sites excluding steroid dienone is 1. The Labute approximate surface area is 226 Å². The minimum absolute atomic E-state index is 0.0581. The van der Waals surface area contributed by atoms with Crippen molar-refractivity contribution in [1.29, 1.82) is 0 Å². The fraction of sp³-hybridized carbons (Fsp3) is 0.250. The lowest BCUT2D eigenvalue weighted by Gasteiger charge is -2.37. The van der Waals surface area contributed by atoms with Gasteiger partial charge in [0.15, 0.2) is 0 Å². The third-order valence-corrected chi connectivity index (χ3v) is 8.33. The van der Waals surface area contributed by atoms with Crippen LogP contribution >= 0.6 is 0 Å². The van der Waals surface area contributed by atoms with Crippen LogP contribution in [0.3, 0.4) is 0 Å². The molecule has 2 aliphatic rings. The molecule has 0 spiro atoms. The van der Waals surface area contributed by atoms with Gasteiger partial charge < -0.3 is 10.6 Å². The first-order valence-electron chi connectivity index (χ1n) is 13.3. The maximum absolute atomic E-state index is 13.6. The molecule has 0 aliphatic heterocycles. The molecule has 4 aromatic rings. The fourth-order valence-electron chi connectivity index (χ4n) is 6.24. The molecule has 2 aliphatic carbocycles. The zero-order valence-corrected chi connectivity index (χ0v) is 21.7. The summed E-state index contributed by atoms with van der Waals surface area (Å²) >= 11 is 0. The summed E-state index contributed by atoms with van der Waals surface area (Å²) in [4.78, 5) is 13.0. The zero-order valence-electron chi connectivity index (χ0n) is 21.7. The number of hydrogen-bond donors (Lipinski definition) is 2. The second-order valence-corrected chi connectivity index (χ2v) is 10.8. The number of fused-ring (bicyclic) bond motifs is 2. The molecule has 1 aromatic heterocycles. The van der Waals surface area contributed by atoms with Crippen LogP contribution in [0.1, 0.15) is 49.0 Å². The van der Waals surface area contributed by atoms with E-state index in [0.717, 1.165) is 42.6 Å². The molecule has 5 nitrogen and oxygen atoms in total. The first-order chi connectivity index (χ1) is 18.9. The van der Waals surface area contributed by atoms with E-state index in [1.165, 1.54) is 35.4 Å². The van der Waals surface area contributed by atoms with E-state index in [-0.39, 0.29) is 23.3 Å². The van der Waals surface area contributed by atoms with Crippen LogP contribution in [-0.4, -0.2) is 15.8 Å². The first kappa shape index (κ1) is 25.0. The minimum Gasteiger partial charge on any atom is -0.331 e. The molecule has 198 valence electrons. The lowest BCUT2D eigenvalue weighted by molar-refractivity contribution is 0.222. The monoisotopic (exact) mass is 524 g/mol. The Morgan fingerprint density at radius 3 is 2.62 bits per heavy atom. The lowest BCUT2D eigenvalue weighted by Crippen LogP contribution is -2.36. The van der Waals surface area contributed by atoms with Crippen LogP contribution < -0.4 is 10.6 Å². The van der Waals surface area contributed by atoms with E-state index in [4.69, 9.17) is 0 Å². The Morgan fingerprint density at radius 2 is 1.85 bits per heavy atom. The number of rotatable bonds is 6. The van der Waals surface area contributed by atoms with Gasteiger partial charge in [0.05, 0.1) is 23.6 Å². The van der Waals surface area contributed by atoms with Crippen LogP contribution in [0.2, 0.25) is 0 Å². The maximum Gasteiger partial charge on any atom is 0.319 e. The van der Waals surface area contributed by atoms with Crippen molar-refractivity contribution >= 4 is 17.8 Å². The molecular formula is C32H30F2N4O. The van der Waals surface area contributed by atoms with Gasteiger partial charge in [0, 0.05) is 5.69 Å². The predicted octanol–water partition coefficient (Wildman–Crippen LogP) is 7.46. The van der Waals surface area contributed by atoms with E-state index in [9.17, 15) is 13.6 Å². The quantitative estimate of drug-likeness (QED) is 0.275. The van der Waals surface area contributed by atoms with Crippen LogP contribution in [-0.2, 0) is 6.42 Å². The smallest absolute Gasteiger partial charge is 0.319 e. The molecule has 39 heavy (non-hydrogen) atoms. The van der Waals surface area contributed by atoms with Gasteiger partial charge in [-0.05, 0) is 96.7 Å². The van der Waals surface area contributed by atoms with E-state index < -0.39 is 5.82 Å². The number of urea groups is 1. The number of nitrogens with one attached hydrogen (secondary N) is 2. The number of amides is 2. The summed E-state index contributed by atoms with van der Waals surface area (Å²) in [5.41, 5.74) is 5.85. The molecule has 0 saturated heterocycles. The average molecular weight is 525 g/mol. The minimum atomic E-state index is -0.398. The van der Waals surface area contributed by atoms with Gasteiger partial charge in [0.2, 0.25) is 0 Å². The lowest BCUT2D eigenvalue weighted by atomic mass is 9.68. The summed E-state index contributed by atoms with van der Waals surface area (Å²) < 4.78 is 29.0. The zero-order chi connectivity index (χ0) is 27.0. The standard InChI is InChI=1S/C32H30F2N4O/c1-32-19-22-20-35-38(28-14-12-25(33)13-15-28)30(22)17-24(32)11-10-23(32)16-29(21-6-3-2-4-7-21)37-31(39)36-27-9-5-8-26(34)18-27/h2-9,12-15,17-18,20,23,29H,10-11,16,19H2,1H3,(H2,36,37,39). The predicted molar refractivity (Wildman–Crippen MR) is 148 cm³/mol. The molecule has 1 heterocycles. The normalized spacial score (nSPS) is 20.5. The largest absolute Gasteiger partial charge is 0.331 e. The van der Waals surface area contributed by atoms with E-state index >= 15 is 0 Å². The Balaban J connectivity index is 1.24. The molecule has 0 bridgehead atoms. The van der Waals surface area contributed by atoms with E-state index in [0.29, 0.717) is 11.6 Å². The highest BCUT2D eigenvalue weighted by molar-refractivity contribution is 5.89. The van der Waals surface area contributed by atoms with Crippen molar-refractivity contribution in [3.63, 3.8) is 0 Å². The maximum atomic E-state index is 13.6. The van der Waals surface area contributed by atoms with Crippen molar-refractivity contribution in [3.8, 4) is 5.69 Å². The second kappa shape index (κ2) is 10.1. The Morgan fingerprint density at radius 1 is 1.05 bits per heavy atom. The third-order valence-electron chi connectivity index (χ3n) is 8.33. The Bertz CT molecular complexity index is 1530. The van der Waals surface area contributed by atoms with Gasteiger partial charge in [0.25, 0.3) is 0 Å². The fourth-order valence-corrected chi connectivity index (χ4v) is 6.24. The topological polar surface area (TPSA) is 59.0 Å². The van der Waals surface area contributed by atoms with Crippen molar-refractivity contribution in [2.24, 2.45) is 11.3 Å². The van der Waals surface area contributed by atoms with Crippen molar-refractivity contribution < 1.29 is 13.6 Å². The van der Waals surface area contributed by atoms with Crippen molar-refractivity contribution in [2.75, 3.05) is 5.32 Å². The summed E-state index contributed by atoms with van der Waals surface area (Å²) in [6, 6.07) is 21.7. The highest BCUT2D eigenvalue weighted by atomic mass is 19.1. The van der Waals surface area contributed by atoms with Crippen LogP contribution in [0.25, 0.3) is 11.8 Å². The number of carbonyl (C=O) groups is 1. The highest BCUT2D eigenvalue weighted by Gasteiger charge is 2.46. The molecule has 2 N–H and O–H groups in total. The summed E-state index contributed by atoms with van der Waals surface area (Å²) in [6.45, 7) is 2.32. The van der Waals surface area contributed by atoms with Gasteiger partial charge in [-0.1, -0.05) is 48.9 Å². The van der Waals surface area contributed by atoms with Gasteiger partial charge in [-0.25, -0.2) is 18.3 Å². The molecule has 6 rings (SSSR count). The highest BCUT2D eigenvalue weighted by Crippen LogP contribution is 2.55. The Kier molecular flexibility index (Phi) is 6.51. The molecule has 7 heteroatoms. The van der Waals surface area contributed by atoms with Gasteiger partial charge in [-0.2, -0.15) is 5.10 Å². The number of benzene rings is 3. The molecule has 0 radical (unpaired) electrons. The first-order valence-corrected chi connectivity index (χ1v) is 13.3. The SMILES string of the molecule is CC12Cc3cnn(-c4ccc(F)cc4)c3C=C1CCC2CC(NC(=O)Nc1cccc(F)c1)c1ccccc1. The van der Waals surface area contributed by atoms with E-state index in [1.54, 1.807) is 24.3 Å². The molecule has 3 atom stereocenters. The molecule has 3 unspecified atom stereocenters. The number of halogens is 2. The average Bonchev–Trinajstić information content (AvgIpc) is 3.47. The van der Waals surface area contributed by atoms with Gasteiger partial charge >= 0.3 is 6.03 Å². The number of carbonyl (C=O) groups excluding carboxylic acids is 1. The van der Waals surface area contributed by atoms with Gasteiger partial charge in [0.1, 0.15) is 11.6 Å². The summed E-state index contributed by atoms with van der Waals surface area (Å²) in [5, 5.41) is 10.6. The van der Waals surface area contributed by atoms with Crippen molar-refractivity contribution in [2.45, 2.75) is 38.6 Å². The van der Waals surface area contributed by atoms with E-state index in [1.807, 2.05) is 41.2 Å². The molecule has 1 fully saturated rings. The van der Waals surface area contributed by atoms with E-state index in [2.05, 4.69) is 28.7 Å². The molecule has 2 amide bonds. The van der Waals surface area contributed by atoms with Crippen LogP contribution in [0.5, 0.6) is 0 Å². The van der Waals surface area contributed by atoms with Crippen molar-refractivity contribution in [3.05, 3.63) is 119 Å². The van der Waals surface area contributed by atoms with Crippen molar-refractivity contribution in [1.82, 2.24) is 15.1 Å². The number of hydrogen-bond acceptors (Lipinski definition) is 2. The number of anilines is 1. The summed E-state index contributed by atoms with van der Waals surface area (Å²) in [6.07, 6.45) is 7.81. The number of nitrogens with zero attached hydrogens (tertiary/aromatic N) is 2. The van der Waals surface area contributed by atoms with Crippen LogP contribution in [0.4, 0.5) is 19.3 Å². The molecule has 3 aromatic carbocycles. The molecule has 1 saturated carbocycles. The van der Waals surface area contributed by atoms with Crippen LogP contribution in [0, 0.1) is 23.0 Å². The van der Waals surface area contributed by atoms with Gasteiger partial charge in [-0.3, -0.25) is 0 Å².